The third-order valence-corrected chi connectivity index (χ3v) is 2.05. The van der Waals surface area contributed by atoms with Gasteiger partial charge in [0.05, 0.1) is 7.11 Å². The topological polar surface area (TPSA) is 33.0 Å². The molecular formula is C8H7NOS. The first-order chi connectivity index (χ1) is 5.38. The number of methoxy groups -OCH3 is 1. The highest BCUT2D eigenvalue weighted by molar-refractivity contribution is 7.11. The van der Waals surface area contributed by atoms with E-state index >= 15 is 0 Å². The van der Waals surface area contributed by atoms with Crippen molar-refractivity contribution in [2.75, 3.05) is 7.11 Å². The summed E-state index contributed by atoms with van der Waals surface area (Å²) in [5.41, 5.74) is 0.572. The Hall–Kier alpha value is -1.27. The van der Waals surface area contributed by atoms with E-state index in [0.717, 1.165) is 4.88 Å². The molecule has 0 aliphatic carbocycles. The Morgan fingerprint density at radius 1 is 1.82 bits per heavy atom. The number of nitriles is 1. The summed E-state index contributed by atoms with van der Waals surface area (Å²) in [5, 5.41) is 10.6. The van der Waals surface area contributed by atoms with Crippen molar-refractivity contribution in [3.05, 3.63) is 28.7 Å². The van der Waals surface area contributed by atoms with Gasteiger partial charge in [0, 0.05) is 4.88 Å². The van der Waals surface area contributed by atoms with Crippen LogP contribution in [0, 0.1) is 11.3 Å². The lowest BCUT2D eigenvalue weighted by molar-refractivity contribution is 0.340. The fraction of sp³-hybridized carbons (Fsp3) is 0.125. The second-order valence-electron chi connectivity index (χ2n) is 1.86. The van der Waals surface area contributed by atoms with Crippen molar-refractivity contribution in [1.82, 2.24) is 0 Å². The van der Waals surface area contributed by atoms with Crippen LogP contribution >= 0.6 is 11.3 Å². The zero-order chi connectivity index (χ0) is 8.10. The zero-order valence-electron chi connectivity index (χ0n) is 6.07. The van der Waals surface area contributed by atoms with Gasteiger partial charge in [0.1, 0.15) is 17.9 Å². The van der Waals surface area contributed by atoms with E-state index in [-0.39, 0.29) is 0 Å². The minimum absolute atomic E-state index is 0.572. The first-order valence-corrected chi connectivity index (χ1v) is 3.93. The van der Waals surface area contributed by atoms with E-state index in [2.05, 4.69) is 6.07 Å². The molecule has 0 atom stereocenters. The monoisotopic (exact) mass is 165 g/mol. The molecule has 0 aromatic carbocycles. The SMILES string of the molecule is CO/C=C(\C#N)c1cccs1. The van der Waals surface area contributed by atoms with Gasteiger partial charge in [-0.1, -0.05) is 6.07 Å². The average molecular weight is 165 g/mol. The summed E-state index contributed by atoms with van der Waals surface area (Å²) in [6.45, 7) is 0. The maximum Gasteiger partial charge on any atom is 0.104 e. The minimum atomic E-state index is 0.572. The molecule has 1 aromatic heterocycles. The molecule has 0 fully saturated rings. The molecule has 1 aromatic rings. The molecule has 0 spiro atoms. The van der Waals surface area contributed by atoms with Crippen LogP contribution in [0.5, 0.6) is 0 Å². The van der Waals surface area contributed by atoms with E-state index < -0.39 is 0 Å². The first-order valence-electron chi connectivity index (χ1n) is 3.05. The van der Waals surface area contributed by atoms with Crippen LogP contribution in [0.4, 0.5) is 0 Å². The van der Waals surface area contributed by atoms with E-state index in [4.69, 9.17) is 10.00 Å². The highest BCUT2D eigenvalue weighted by Crippen LogP contribution is 2.18. The van der Waals surface area contributed by atoms with E-state index in [0.29, 0.717) is 5.57 Å². The molecule has 0 aliphatic rings. The van der Waals surface area contributed by atoms with Crippen LogP contribution in [-0.4, -0.2) is 7.11 Å². The van der Waals surface area contributed by atoms with Gasteiger partial charge in [-0.25, -0.2) is 0 Å². The summed E-state index contributed by atoms with van der Waals surface area (Å²) < 4.78 is 4.74. The van der Waals surface area contributed by atoms with E-state index in [9.17, 15) is 0 Å². The molecule has 56 valence electrons. The van der Waals surface area contributed by atoms with Gasteiger partial charge in [0.2, 0.25) is 0 Å². The molecule has 0 radical (unpaired) electrons. The van der Waals surface area contributed by atoms with Crippen LogP contribution in [0.2, 0.25) is 0 Å². The van der Waals surface area contributed by atoms with Crippen LogP contribution in [0.15, 0.2) is 23.8 Å². The molecule has 0 unspecified atom stereocenters. The lowest BCUT2D eigenvalue weighted by Crippen LogP contribution is -1.75. The maximum absolute atomic E-state index is 8.64. The van der Waals surface area contributed by atoms with Gasteiger partial charge in [-0.05, 0) is 11.4 Å². The van der Waals surface area contributed by atoms with Gasteiger partial charge in [0.15, 0.2) is 0 Å². The van der Waals surface area contributed by atoms with Crippen molar-refractivity contribution < 1.29 is 4.74 Å². The van der Waals surface area contributed by atoms with E-state index in [1.54, 1.807) is 0 Å². The summed E-state index contributed by atoms with van der Waals surface area (Å²) in [5.74, 6) is 0. The molecule has 1 heterocycles. The van der Waals surface area contributed by atoms with Crippen LogP contribution in [0.1, 0.15) is 4.88 Å². The molecule has 0 saturated heterocycles. The van der Waals surface area contributed by atoms with Gasteiger partial charge in [-0.2, -0.15) is 5.26 Å². The predicted molar refractivity (Wildman–Crippen MR) is 44.9 cm³/mol. The van der Waals surface area contributed by atoms with E-state index in [1.165, 1.54) is 24.7 Å². The number of thiophene rings is 1. The molecule has 11 heavy (non-hydrogen) atoms. The van der Waals surface area contributed by atoms with Gasteiger partial charge in [-0.3, -0.25) is 0 Å². The third kappa shape index (κ3) is 1.82. The zero-order valence-corrected chi connectivity index (χ0v) is 6.89. The standard InChI is InChI=1S/C8H7NOS/c1-10-6-7(5-9)8-3-2-4-11-8/h2-4,6H,1H3/b7-6+. The first kappa shape index (κ1) is 7.83. The van der Waals surface area contributed by atoms with E-state index in [1.807, 2.05) is 17.5 Å². The number of hydrogen-bond donors (Lipinski definition) is 0. The number of rotatable bonds is 2. The Labute approximate surface area is 69.3 Å². The van der Waals surface area contributed by atoms with Crippen LogP contribution in [0.3, 0.4) is 0 Å². The molecule has 0 N–H and O–H groups in total. The summed E-state index contributed by atoms with van der Waals surface area (Å²) in [6, 6.07) is 5.84. The summed E-state index contributed by atoms with van der Waals surface area (Å²) in [7, 11) is 1.53. The summed E-state index contributed by atoms with van der Waals surface area (Å²) in [6.07, 6.45) is 1.45. The van der Waals surface area contributed by atoms with Crippen molar-refractivity contribution in [2.24, 2.45) is 0 Å². The Bertz CT molecular complexity index is 282. The molecule has 0 bridgehead atoms. The lowest BCUT2D eigenvalue weighted by atomic mass is 10.3. The highest BCUT2D eigenvalue weighted by Gasteiger charge is 1.99. The summed E-state index contributed by atoms with van der Waals surface area (Å²) >= 11 is 1.52. The largest absolute Gasteiger partial charge is 0.503 e. The Morgan fingerprint density at radius 3 is 3.09 bits per heavy atom. The Balaban J connectivity index is 2.91. The molecule has 0 saturated carbocycles. The minimum Gasteiger partial charge on any atom is -0.503 e. The fourth-order valence-electron chi connectivity index (χ4n) is 0.689. The number of nitrogens with zero attached hydrogens (tertiary/aromatic N) is 1. The van der Waals surface area contributed by atoms with Gasteiger partial charge < -0.3 is 4.74 Å². The molecular weight excluding hydrogens is 158 g/mol. The normalized spacial score (nSPS) is 10.7. The van der Waals surface area contributed by atoms with Crippen molar-refractivity contribution in [3.63, 3.8) is 0 Å². The average Bonchev–Trinajstić information content (AvgIpc) is 2.52. The molecule has 0 amide bonds. The summed E-state index contributed by atoms with van der Waals surface area (Å²) in [4.78, 5) is 0.939. The van der Waals surface area contributed by atoms with Crippen LogP contribution < -0.4 is 0 Å². The van der Waals surface area contributed by atoms with Gasteiger partial charge in [0.25, 0.3) is 0 Å². The quantitative estimate of drug-likeness (QED) is 0.497. The molecule has 2 nitrogen and oxygen atoms in total. The Morgan fingerprint density at radius 2 is 2.64 bits per heavy atom. The second kappa shape index (κ2) is 3.79. The van der Waals surface area contributed by atoms with Crippen molar-refractivity contribution in [3.8, 4) is 6.07 Å². The van der Waals surface area contributed by atoms with Crippen LogP contribution in [-0.2, 0) is 4.74 Å². The lowest BCUT2D eigenvalue weighted by Gasteiger charge is -1.91. The molecule has 0 aliphatic heterocycles. The second-order valence-corrected chi connectivity index (χ2v) is 2.80. The predicted octanol–water partition coefficient (Wildman–Crippen LogP) is 2.26. The van der Waals surface area contributed by atoms with Gasteiger partial charge >= 0.3 is 0 Å². The number of ether oxygens (including phenoxy) is 1. The van der Waals surface area contributed by atoms with Crippen molar-refractivity contribution >= 4 is 16.9 Å². The Kier molecular flexibility index (Phi) is 2.70. The van der Waals surface area contributed by atoms with Crippen LogP contribution in [0.25, 0.3) is 5.57 Å². The molecule has 1 rings (SSSR count). The third-order valence-electron chi connectivity index (χ3n) is 1.14. The number of hydrogen-bond acceptors (Lipinski definition) is 3. The smallest absolute Gasteiger partial charge is 0.104 e. The van der Waals surface area contributed by atoms with Gasteiger partial charge in [-0.15, -0.1) is 11.3 Å². The number of allylic oxidation sites excluding steroid dienone is 1. The molecule has 3 heteroatoms. The van der Waals surface area contributed by atoms with Crippen molar-refractivity contribution in [2.45, 2.75) is 0 Å². The highest BCUT2D eigenvalue weighted by atomic mass is 32.1. The van der Waals surface area contributed by atoms with Crippen molar-refractivity contribution in [1.29, 1.82) is 5.26 Å². The maximum atomic E-state index is 8.64. The fourth-order valence-corrected chi connectivity index (χ4v) is 1.37.